The van der Waals surface area contributed by atoms with Crippen LogP contribution in [0.3, 0.4) is 0 Å². The van der Waals surface area contributed by atoms with Crippen LogP contribution in [0.25, 0.3) is 0 Å². The van der Waals surface area contributed by atoms with Crippen LogP contribution < -0.4 is 16.4 Å². The number of carbonyl (C=O) groups is 3. The van der Waals surface area contributed by atoms with Gasteiger partial charge in [-0.25, -0.2) is 9.59 Å². The number of anilines is 1. The molecule has 0 heterocycles. The third-order valence-electron chi connectivity index (χ3n) is 2.25. The number of urea groups is 1. The molecule has 0 aliphatic rings. The lowest BCUT2D eigenvalue weighted by atomic mass is 10.2. The summed E-state index contributed by atoms with van der Waals surface area (Å²) in [4.78, 5) is 33.4. The molecule has 10 heteroatoms. The van der Waals surface area contributed by atoms with E-state index in [1.54, 1.807) is 0 Å². The van der Waals surface area contributed by atoms with Gasteiger partial charge in [-0.2, -0.15) is 0 Å². The van der Waals surface area contributed by atoms with Crippen molar-refractivity contribution in [1.82, 2.24) is 5.32 Å². The highest BCUT2D eigenvalue weighted by Gasteiger charge is 2.22. The minimum absolute atomic E-state index is 0.113. The van der Waals surface area contributed by atoms with Gasteiger partial charge in [-0.15, -0.1) is 0 Å². The van der Waals surface area contributed by atoms with Crippen molar-refractivity contribution in [3.8, 4) is 0 Å². The summed E-state index contributed by atoms with van der Waals surface area (Å²) in [6.45, 7) is 0. The van der Waals surface area contributed by atoms with Gasteiger partial charge in [0.1, 0.15) is 6.04 Å². The predicted octanol–water partition coefficient (Wildman–Crippen LogP) is 2.21. The van der Waals surface area contributed by atoms with Crippen molar-refractivity contribution in [3.05, 3.63) is 26.7 Å². The fourth-order valence-corrected chi connectivity index (χ4v) is 2.67. The highest BCUT2D eigenvalue weighted by molar-refractivity contribution is 9.10. The first kappa shape index (κ1) is 17.5. The maximum atomic E-state index is 11.7. The van der Waals surface area contributed by atoms with Crippen molar-refractivity contribution in [1.29, 1.82) is 0 Å². The average molecular weight is 399 g/mol. The van der Waals surface area contributed by atoms with Crippen molar-refractivity contribution in [2.75, 3.05) is 5.32 Å². The molecule has 0 bridgehead atoms. The van der Waals surface area contributed by atoms with Gasteiger partial charge >= 0.3 is 12.0 Å². The summed E-state index contributed by atoms with van der Waals surface area (Å²) in [6.07, 6.45) is -0.537. The summed E-state index contributed by atoms with van der Waals surface area (Å²) in [5.41, 5.74) is 5.02. The summed E-state index contributed by atoms with van der Waals surface area (Å²) in [5, 5.41) is 13.6. The Hall–Kier alpha value is -1.51. The Balaban J connectivity index is 2.82. The molecule has 0 saturated heterocycles. The number of nitrogens with two attached hydrogens (primary N) is 1. The zero-order valence-electron chi connectivity index (χ0n) is 10.3. The van der Waals surface area contributed by atoms with Gasteiger partial charge in [0.25, 0.3) is 0 Å². The highest BCUT2D eigenvalue weighted by atomic mass is 79.9. The van der Waals surface area contributed by atoms with Gasteiger partial charge in [0.05, 0.1) is 22.2 Å². The van der Waals surface area contributed by atoms with Crippen LogP contribution in [0.4, 0.5) is 10.5 Å². The number of primary amides is 1. The number of aliphatic carboxylic acids is 1. The van der Waals surface area contributed by atoms with Crippen molar-refractivity contribution >= 4 is 62.7 Å². The minimum atomic E-state index is -1.45. The largest absolute Gasteiger partial charge is 0.480 e. The van der Waals surface area contributed by atoms with Crippen LogP contribution in [0.2, 0.25) is 10.0 Å². The van der Waals surface area contributed by atoms with Gasteiger partial charge in [0, 0.05) is 4.47 Å². The van der Waals surface area contributed by atoms with E-state index >= 15 is 0 Å². The topological polar surface area (TPSA) is 122 Å². The van der Waals surface area contributed by atoms with E-state index in [1.165, 1.54) is 12.1 Å². The Bertz CT molecular complexity index is 574. The van der Waals surface area contributed by atoms with E-state index in [4.69, 9.17) is 34.0 Å². The smallest absolute Gasteiger partial charge is 0.326 e. The molecule has 1 aromatic rings. The SMILES string of the molecule is NC(=O)C[C@H](NC(=O)Nc1c(Cl)cc(Br)cc1Cl)C(=O)O. The number of benzene rings is 1. The van der Waals surface area contributed by atoms with Crippen LogP contribution in [0.1, 0.15) is 6.42 Å². The molecule has 3 amide bonds. The van der Waals surface area contributed by atoms with Crippen molar-refractivity contribution in [2.45, 2.75) is 12.5 Å². The van der Waals surface area contributed by atoms with Gasteiger partial charge in [-0.05, 0) is 12.1 Å². The summed E-state index contributed by atoms with van der Waals surface area (Å²) in [5.74, 6) is -2.25. The molecule has 0 unspecified atom stereocenters. The van der Waals surface area contributed by atoms with Crippen molar-refractivity contribution in [3.63, 3.8) is 0 Å². The molecule has 0 fully saturated rings. The van der Waals surface area contributed by atoms with Crippen LogP contribution in [0.15, 0.2) is 16.6 Å². The molecule has 1 aromatic carbocycles. The number of halogens is 3. The Morgan fingerprint density at radius 1 is 1.29 bits per heavy atom. The second-order valence-corrected chi connectivity index (χ2v) is 5.63. The molecule has 21 heavy (non-hydrogen) atoms. The molecule has 0 saturated carbocycles. The van der Waals surface area contributed by atoms with Crippen LogP contribution >= 0.6 is 39.1 Å². The lowest BCUT2D eigenvalue weighted by Gasteiger charge is -2.15. The van der Waals surface area contributed by atoms with Crippen molar-refractivity contribution < 1.29 is 19.5 Å². The Kier molecular flexibility index (Phi) is 6.25. The number of carboxylic acid groups (broad SMARTS) is 1. The number of carboxylic acids is 1. The summed E-state index contributed by atoms with van der Waals surface area (Å²) in [7, 11) is 0. The first-order chi connectivity index (χ1) is 9.70. The predicted molar refractivity (Wildman–Crippen MR) is 81.6 cm³/mol. The Morgan fingerprint density at radius 3 is 2.24 bits per heavy atom. The van der Waals surface area contributed by atoms with E-state index in [-0.39, 0.29) is 15.7 Å². The molecule has 0 spiro atoms. The number of amides is 3. The van der Waals surface area contributed by atoms with Gasteiger partial charge in [0.15, 0.2) is 0 Å². The number of nitrogens with one attached hydrogen (secondary N) is 2. The zero-order chi connectivity index (χ0) is 16.2. The zero-order valence-corrected chi connectivity index (χ0v) is 13.4. The van der Waals surface area contributed by atoms with Crippen LogP contribution in [-0.4, -0.2) is 29.1 Å². The second-order valence-electron chi connectivity index (χ2n) is 3.90. The lowest BCUT2D eigenvalue weighted by Crippen LogP contribution is -2.45. The number of carbonyl (C=O) groups excluding carboxylic acids is 2. The molecular formula is C11H10BrCl2N3O4. The lowest BCUT2D eigenvalue weighted by molar-refractivity contribution is -0.140. The Labute approximate surface area is 137 Å². The van der Waals surface area contributed by atoms with Gasteiger partial charge in [-0.3, -0.25) is 4.79 Å². The third-order valence-corrected chi connectivity index (χ3v) is 3.31. The van der Waals surface area contributed by atoms with E-state index in [0.29, 0.717) is 4.47 Å². The van der Waals surface area contributed by atoms with Crippen LogP contribution in [0.5, 0.6) is 0 Å². The van der Waals surface area contributed by atoms with Crippen LogP contribution in [-0.2, 0) is 9.59 Å². The number of hydrogen-bond acceptors (Lipinski definition) is 3. The average Bonchev–Trinajstić information content (AvgIpc) is 2.32. The highest BCUT2D eigenvalue weighted by Crippen LogP contribution is 2.33. The molecule has 1 rings (SSSR count). The molecule has 0 aromatic heterocycles. The molecule has 114 valence electrons. The van der Waals surface area contributed by atoms with E-state index in [1.807, 2.05) is 0 Å². The fraction of sp³-hybridized carbons (Fsp3) is 0.182. The van der Waals surface area contributed by atoms with E-state index < -0.39 is 30.4 Å². The van der Waals surface area contributed by atoms with E-state index in [0.717, 1.165) is 0 Å². The monoisotopic (exact) mass is 397 g/mol. The number of rotatable bonds is 5. The molecule has 5 N–H and O–H groups in total. The maximum absolute atomic E-state index is 11.7. The van der Waals surface area contributed by atoms with Gasteiger partial charge in [0.2, 0.25) is 5.91 Å². The normalized spacial score (nSPS) is 11.6. The third kappa shape index (κ3) is 5.41. The van der Waals surface area contributed by atoms with Gasteiger partial charge < -0.3 is 21.5 Å². The summed E-state index contributed by atoms with van der Waals surface area (Å²) in [6, 6.07) is 0.674. The molecule has 1 atom stereocenters. The fourth-order valence-electron chi connectivity index (χ4n) is 1.37. The van der Waals surface area contributed by atoms with Crippen molar-refractivity contribution in [2.24, 2.45) is 5.73 Å². The molecule has 0 radical (unpaired) electrons. The first-order valence-electron chi connectivity index (χ1n) is 5.44. The van der Waals surface area contributed by atoms with Gasteiger partial charge in [-0.1, -0.05) is 39.1 Å². The molecule has 0 aliphatic heterocycles. The molecular weight excluding hydrogens is 389 g/mol. The van der Waals surface area contributed by atoms with E-state index in [9.17, 15) is 14.4 Å². The molecule has 0 aliphatic carbocycles. The first-order valence-corrected chi connectivity index (χ1v) is 6.98. The summed E-state index contributed by atoms with van der Waals surface area (Å²) >= 11 is 15.0. The minimum Gasteiger partial charge on any atom is -0.480 e. The standard InChI is InChI=1S/C11H10BrCl2N3O4/c12-4-1-5(13)9(6(14)2-4)17-11(21)16-7(10(19)20)3-8(15)18/h1-2,7H,3H2,(H2,15,18)(H,19,20)(H2,16,17,21)/t7-/m0/s1. The molecule has 7 nitrogen and oxygen atoms in total. The maximum Gasteiger partial charge on any atom is 0.326 e. The number of hydrogen-bond donors (Lipinski definition) is 4. The van der Waals surface area contributed by atoms with E-state index in [2.05, 4.69) is 26.6 Å². The second kappa shape index (κ2) is 7.48. The quantitative estimate of drug-likeness (QED) is 0.607. The summed E-state index contributed by atoms with van der Waals surface area (Å²) < 4.78 is 0.612. The van der Waals surface area contributed by atoms with Crippen LogP contribution in [0, 0.1) is 0 Å². The Morgan fingerprint density at radius 2 is 1.81 bits per heavy atom.